The Morgan fingerprint density at radius 3 is 3.12 bits per heavy atom. The maximum absolute atomic E-state index is 12.0. The van der Waals surface area contributed by atoms with Crippen LogP contribution in [0.4, 0.5) is 0 Å². The van der Waals surface area contributed by atoms with Gasteiger partial charge < -0.3 is 15.0 Å². The second-order valence-corrected chi connectivity index (χ2v) is 4.66. The van der Waals surface area contributed by atoms with Gasteiger partial charge in [0, 0.05) is 26.2 Å². The van der Waals surface area contributed by atoms with Gasteiger partial charge in [-0.05, 0) is 25.7 Å². The molecule has 2 saturated heterocycles. The zero-order valence-electron chi connectivity index (χ0n) is 10.1. The van der Waals surface area contributed by atoms with E-state index in [4.69, 9.17) is 4.74 Å². The molecule has 0 aromatic carbocycles. The summed E-state index contributed by atoms with van der Waals surface area (Å²) in [6.07, 6.45) is 4.62. The van der Waals surface area contributed by atoms with E-state index in [0.29, 0.717) is 6.10 Å². The third kappa shape index (κ3) is 2.74. The van der Waals surface area contributed by atoms with Crippen LogP contribution in [0.5, 0.6) is 0 Å². The van der Waals surface area contributed by atoms with Crippen molar-refractivity contribution in [2.45, 2.75) is 44.8 Å². The quantitative estimate of drug-likeness (QED) is 0.769. The van der Waals surface area contributed by atoms with Gasteiger partial charge in [0.1, 0.15) is 0 Å². The molecular weight excluding hydrogens is 204 g/mol. The van der Waals surface area contributed by atoms with Gasteiger partial charge in [0.25, 0.3) is 0 Å². The predicted molar refractivity (Wildman–Crippen MR) is 62.3 cm³/mol. The number of hydrogen-bond donors (Lipinski definition) is 1. The SMILES string of the molecule is CCC1NCCN(CCC2CCCO2)C1=O. The monoisotopic (exact) mass is 226 g/mol. The maximum atomic E-state index is 12.0. The maximum Gasteiger partial charge on any atom is 0.239 e. The summed E-state index contributed by atoms with van der Waals surface area (Å²) < 4.78 is 5.58. The van der Waals surface area contributed by atoms with E-state index in [1.54, 1.807) is 0 Å². The van der Waals surface area contributed by atoms with Crippen LogP contribution in [0.1, 0.15) is 32.6 Å². The molecule has 92 valence electrons. The number of piperazine rings is 1. The number of ether oxygens (including phenoxy) is 1. The molecule has 0 bridgehead atoms. The Morgan fingerprint density at radius 2 is 2.44 bits per heavy atom. The first-order valence-electron chi connectivity index (χ1n) is 6.45. The molecule has 4 heteroatoms. The van der Waals surface area contributed by atoms with Crippen molar-refractivity contribution in [2.24, 2.45) is 0 Å². The number of amides is 1. The van der Waals surface area contributed by atoms with Gasteiger partial charge in [0.2, 0.25) is 5.91 Å². The lowest BCUT2D eigenvalue weighted by Crippen LogP contribution is -2.55. The standard InChI is InChI=1S/C12H22N2O2/c1-2-11-12(15)14(8-6-13-11)7-5-10-4-3-9-16-10/h10-11,13H,2-9H2,1H3. The van der Waals surface area contributed by atoms with Crippen molar-refractivity contribution in [3.05, 3.63) is 0 Å². The molecule has 2 aliphatic heterocycles. The summed E-state index contributed by atoms with van der Waals surface area (Å²) in [4.78, 5) is 14.0. The molecule has 2 unspecified atom stereocenters. The van der Waals surface area contributed by atoms with Crippen LogP contribution in [0.25, 0.3) is 0 Å². The van der Waals surface area contributed by atoms with Gasteiger partial charge >= 0.3 is 0 Å². The Kier molecular flexibility index (Phi) is 4.18. The van der Waals surface area contributed by atoms with Crippen LogP contribution in [0.15, 0.2) is 0 Å². The number of carbonyl (C=O) groups excluding carboxylic acids is 1. The van der Waals surface area contributed by atoms with Crippen LogP contribution >= 0.6 is 0 Å². The van der Waals surface area contributed by atoms with Crippen molar-refractivity contribution in [3.8, 4) is 0 Å². The van der Waals surface area contributed by atoms with E-state index in [-0.39, 0.29) is 11.9 Å². The van der Waals surface area contributed by atoms with Crippen LogP contribution in [0.3, 0.4) is 0 Å². The smallest absolute Gasteiger partial charge is 0.239 e. The summed E-state index contributed by atoms with van der Waals surface area (Å²) in [7, 11) is 0. The highest BCUT2D eigenvalue weighted by molar-refractivity contribution is 5.82. The molecule has 0 aliphatic carbocycles. The first-order valence-corrected chi connectivity index (χ1v) is 6.45. The van der Waals surface area contributed by atoms with Crippen molar-refractivity contribution in [1.29, 1.82) is 0 Å². The minimum atomic E-state index is 0.0400. The first kappa shape index (κ1) is 11.9. The van der Waals surface area contributed by atoms with Crippen LogP contribution in [0, 0.1) is 0 Å². The molecule has 2 atom stereocenters. The molecule has 2 heterocycles. The van der Waals surface area contributed by atoms with E-state index in [0.717, 1.165) is 45.5 Å². The number of nitrogens with zero attached hydrogens (tertiary/aromatic N) is 1. The Balaban J connectivity index is 1.77. The summed E-state index contributed by atoms with van der Waals surface area (Å²) in [5.41, 5.74) is 0. The Labute approximate surface area is 97.3 Å². The molecule has 1 amide bonds. The van der Waals surface area contributed by atoms with Crippen molar-refractivity contribution in [3.63, 3.8) is 0 Å². The largest absolute Gasteiger partial charge is 0.378 e. The summed E-state index contributed by atoms with van der Waals surface area (Å²) in [5, 5.41) is 3.25. The normalized spacial score (nSPS) is 31.1. The van der Waals surface area contributed by atoms with Crippen molar-refractivity contribution in [1.82, 2.24) is 10.2 Å². The van der Waals surface area contributed by atoms with Crippen LogP contribution in [-0.4, -0.2) is 49.2 Å². The summed E-state index contributed by atoms with van der Waals surface area (Å²) in [5.74, 6) is 0.270. The fourth-order valence-electron chi connectivity index (χ4n) is 2.50. The van der Waals surface area contributed by atoms with Crippen molar-refractivity contribution >= 4 is 5.91 Å². The number of hydrogen-bond acceptors (Lipinski definition) is 3. The van der Waals surface area contributed by atoms with Gasteiger partial charge in [-0.1, -0.05) is 6.92 Å². The number of rotatable bonds is 4. The number of nitrogens with one attached hydrogen (secondary N) is 1. The molecule has 0 aromatic rings. The molecule has 2 fully saturated rings. The average Bonchev–Trinajstić information content (AvgIpc) is 2.81. The molecule has 2 aliphatic rings. The summed E-state index contributed by atoms with van der Waals surface area (Å²) in [6.45, 7) is 5.59. The Morgan fingerprint density at radius 1 is 1.56 bits per heavy atom. The lowest BCUT2D eigenvalue weighted by molar-refractivity contribution is -0.136. The van der Waals surface area contributed by atoms with Crippen LogP contribution < -0.4 is 5.32 Å². The van der Waals surface area contributed by atoms with Gasteiger partial charge in [-0.3, -0.25) is 4.79 Å². The van der Waals surface area contributed by atoms with E-state index in [1.807, 2.05) is 4.90 Å². The van der Waals surface area contributed by atoms with Crippen LogP contribution in [-0.2, 0) is 9.53 Å². The average molecular weight is 226 g/mol. The molecule has 1 N–H and O–H groups in total. The highest BCUT2D eigenvalue weighted by Crippen LogP contribution is 2.16. The zero-order chi connectivity index (χ0) is 11.4. The predicted octanol–water partition coefficient (Wildman–Crippen LogP) is 0.766. The minimum absolute atomic E-state index is 0.0400. The molecule has 0 saturated carbocycles. The topological polar surface area (TPSA) is 41.6 Å². The van der Waals surface area contributed by atoms with Crippen LogP contribution in [0.2, 0.25) is 0 Å². The molecule has 0 radical (unpaired) electrons. The van der Waals surface area contributed by atoms with Gasteiger partial charge in [-0.25, -0.2) is 0 Å². The molecule has 4 nitrogen and oxygen atoms in total. The van der Waals surface area contributed by atoms with E-state index in [2.05, 4.69) is 12.2 Å². The molecule has 0 spiro atoms. The lowest BCUT2D eigenvalue weighted by Gasteiger charge is -2.33. The van der Waals surface area contributed by atoms with E-state index in [1.165, 1.54) is 6.42 Å². The minimum Gasteiger partial charge on any atom is -0.378 e. The third-order valence-corrected chi connectivity index (χ3v) is 3.54. The highest BCUT2D eigenvalue weighted by atomic mass is 16.5. The van der Waals surface area contributed by atoms with Gasteiger partial charge in [-0.15, -0.1) is 0 Å². The molecule has 2 rings (SSSR count). The van der Waals surface area contributed by atoms with Gasteiger partial charge in [-0.2, -0.15) is 0 Å². The van der Waals surface area contributed by atoms with E-state index in [9.17, 15) is 4.79 Å². The Bertz CT molecular complexity index is 239. The van der Waals surface area contributed by atoms with Gasteiger partial charge in [0.15, 0.2) is 0 Å². The fourth-order valence-corrected chi connectivity index (χ4v) is 2.50. The second-order valence-electron chi connectivity index (χ2n) is 4.66. The number of carbonyl (C=O) groups is 1. The van der Waals surface area contributed by atoms with E-state index >= 15 is 0 Å². The van der Waals surface area contributed by atoms with E-state index < -0.39 is 0 Å². The van der Waals surface area contributed by atoms with Crippen molar-refractivity contribution in [2.75, 3.05) is 26.2 Å². The third-order valence-electron chi connectivity index (χ3n) is 3.54. The highest BCUT2D eigenvalue weighted by Gasteiger charge is 2.27. The summed E-state index contributed by atoms with van der Waals surface area (Å²) in [6, 6.07) is 0.0400. The molecule has 0 aromatic heterocycles. The zero-order valence-corrected chi connectivity index (χ0v) is 10.1. The first-order chi connectivity index (χ1) is 7.81. The fraction of sp³-hybridized carbons (Fsp3) is 0.917. The molecular formula is C12H22N2O2. The molecule has 16 heavy (non-hydrogen) atoms. The van der Waals surface area contributed by atoms with Gasteiger partial charge in [0.05, 0.1) is 12.1 Å². The Hall–Kier alpha value is -0.610. The lowest BCUT2D eigenvalue weighted by atomic mass is 10.1. The second kappa shape index (κ2) is 5.64. The van der Waals surface area contributed by atoms with Crippen molar-refractivity contribution < 1.29 is 9.53 Å². The summed E-state index contributed by atoms with van der Waals surface area (Å²) >= 11 is 0.